The average molecular weight is 435 g/mol. The number of pyridine rings is 1. The lowest BCUT2D eigenvalue weighted by atomic mass is 9.69. The van der Waals surface area contributed by atoms with Crippen LogP contribution in [0.4, 0.5) is 0 Å². The largest absolute Gasteiger partial charge is 0.473 e. The van der Waals surface area contributed by atoms with E-state index >= 15 is 0 Å². The van der Waals surface area contributed by atoms with Crippen LogP contribution in [0, 0.1) is 11.3 Å². The van der Waals surface area contributed by atoms with Crippen molar-refractivity contribution in [2.24, 2.45) is 0 Å². The highest BCUT2D eigenvalue weighted by Gasteiger charge is 2.36. The minimum Gasteiger partial charge on any atom is -0.473 e. The van der Waals surface area contributed by atoms with E-state index in [9.17, 15) is 5.26 Å². The lowest BCUT2D eigenvalue weighted by Crippen LogP contribution is -2.40. The molecule has 32 heavy (non-hydrogen) atoms. The van der Waals surface area contributed by atoms with E-state index in [0.717, 1.165) is 55.7 Å². The zero-order valence-electron chi connectivity index (χ0n) is 17.5. The van der Waals surface area contributed by atoms with Crippen LogP contribution in [0.15, 0.2) is 54.7 Å². The molecule has 0 aliphatic heterocycles. The fourth-order valence-electron chi connectivity index (χ4n) is 3.99. The van der Waals surface area contributed by atoms with Crippen LogP contribution < -0.4 is 5.32 Å². The number of aromatic nitrogens is 3. The number of carboxylic acids is 2. The van der Waals surface area contributed by atoms with Crippen molar-refractivity contribution in [3.63, 3.8) is 0 Å². The first-order chi connectivity index (χ1) is 15.4. The Morgan fingerprint density at radius 1 is 1.06 bits per heavy atom. The summed E-state index contributed by atoms with van der Waals surface area (Å²) in [5, 5.41) is 36.7. The second-order valence-corrected chi connectivity index (χ2v) is 7.69. The molecule has 2 heterocycles. The van der Waals surface area contributed by atoms with Crippen LogP contribution in [0.1, 0.15) is 37.1 Å². The Balaban J connectivity index is 0.000000427. The zero-order valence-corrected chi connectivity index (χ0v) is 17.5. The van der Waals surface area contributed by atoms with Crippen molar-refractivity contribution in [2.75, 3.05) is 6.54 Å². The van der Waals surface area contributed by atoms with E-state index in [0.29, 0.717) is 6.04 Å². The molecule has 0 spiro atoms. The van der Waals surface area contributed by atoms with Gasteiger partial charge in [-0.2, -0.15) is 5.26 Å². The van der Waals surface area contributed by atoms with Crippen LogP contribution in [-0.4, -0.2) is 49.3 Å². The Labute approximate surface area is 185 Å². The standard InChI is InChI=1S/C21H23N5.C2H2O4/c22-16-21(17-6-2-1-3-7-17)12-9-18(10-13-21)23-14-11-20-25-24-19-8-4-5-15-26(19)20;3-1(4)2(5)6/h1-8,15,18,23H,9-14H2;(H,3,4)(H,5,6). The first-order valence-electron chi connectivity index (χ1n) is 10.4. The summed E-state index contributed by atoms with van der Waals surface area (Å²) in [6.07, 6.45) is 6.75. The second-order valence-electron chi connectivity index (χ2n) is 7.69. The van der Waals surface area contributed by atoms with Crippen molar-refractivity contribution in [2.45, 2.75) is 43.6 Å². The molecular weight excluding hydrogens is 410 g/mol. The Kier molecular flexibility index (Phi) is 7.52. The predicted octanol–water partition coefficient (Wildman–Crippen LogP) is 2.42. The van der Waals surface area contributed by atoms with E-state index in [2.05, 4.69) is 33.7 Å². The third-order valence-electron chi connectivity index (χ3n) is 5.73. The summed E-state index contributed by atoms with van der Waals surface area (Å²) in [7, 11) is 0. The first kappa shape index (κ1) is 22.9. The summed E-state index contributed by atoms with van der Waals surface area (Å²) in [5.41, 5.74) is 1.74. The van der Waals surface area contributed by atoms with Gasteiger partial charge in [-0.05, 0) is 43.4 Å². The van der Waals surface area contributed by atoms with Gasteiger partial charge in [0.15, 0.2) is 5.65 Å². The molecule has 0 unspecified atom stereocenters. The van der Waals surface area contributed by atoms with Gasteiger partial charge >= 0.3 is 11.9 Å². The van der Waals surface area contributed by atoms with Crippen LogP contribution in [0.25, 0.3) is 5.65 Å². The molecular formula is C23H25N5O4. The van der Waals surface area contributed by atoms with E-state index in [1.165, 1.54) is 0 Å². The van der Waals surface area contributed by atoms with Crippen LogP contribution in [0.3, 0.4) is 0 Å². The SMILES string of the molecule is N#CC1(c2ccccc2)CCC(NCCc2nnc3ccccn23)CC1.O=C(O)C(=O)O. The van der Waals surface area contributed by atoms with Crippen LogP contribution in [0.2, 0.25) is 0 Å². The minimum atomic E-state index is -1.82. The fraction of sp³-hybridized carbons (Fsp3) is 0.348. The van der Waals surface area contributed by atoms with Gasteiger partial charge in [0.1, 0.15) is 5.82 Å². The number of hydrogen-bond acceptors (Lipinski definition) is 6. The van der Waals surface area contributed by atoms with E-state index in [-0.39, 0.29) is 5.41 Å². The topological polar surface area (TPSA) is 141 Å². The molecule has 0 saturated heterocycles. The third-order valence-corrected chi connectivity index (χ3v) is 5.73. The minimum absolute atomic E-state index is 0.317. The van der Waals surface area contributed by atoms with Crippen molar-refractivity contribution >= 4 is 17.6 Å². The van der Waals surface area contributed by atoms with E-state index < -0.39 is 11.9 Å². The molecule has 9 heteroatoms. The van der Waals surface area contributed by atoms with Gasteiger partial charge in [0, 0.05) is 25.2 Å². The second kappa shape index (κ2) is 10.5. The van der Waals surface area contributed by atoms with Gasteiger partial charge in [0.2, 0.25) is 0 Å². The normalized spacial score (nSPS) is 20.0. The monoisotopic (exact) mass is 435 g/mol. The third kappa shape index (κ3) is 5.47. The molecule has 0 bridgehead atoms. The summed E-state index contributed by atoms with van der Waals surface area (Å²) in [6.45, 7) is 0.880. The number of fused-ring (bicyclic) bond motifs is 1. The molecule has 1 fully saturated rings. The van der Waals surface area contributed by atoms with Crippen molar-refractivity contribution in [1.29, 1.82) is 5.26 Å². The van der Waals surface area contributed by atoms with Crippen molar-refractivity contribution in [3.05, 3.63) is 66.1 Å². The van der Waals surface area contributed by atoms with Crippen molar-refractivity contribution < 1.29 is 19.8 Å². The van der Waals surface area contributed by atoms with Crippen molar-refractivity contribution in [1.82, 2.24) is 19.9 Å². The van der Waals surface area contributed by atoms with Crippen LogP contribution >= 0.6 is 0 Å². The summed E-state index contributed by atoms with van der Waals surface area (Å²) in [5.74, 6) is -2.66. The lowest BCUT2D eigenvalue weighted by molar-refractivity contribution is -0.159. The van der Waals surface area contributed by atoms with E-state index in [1.807, 2.05) is 47.0 Å². The number of nitriles is 1. The summed E-state index contributed by atoms with van der Waals surface area (Å²) < 4.78 is 2.04. The zero-order chi connectivity index (χ0) is 23.0. The fourth-order valence-corrected chi connectivity index (χ4v) is 3.99. The Morgan fingerprint density at radius 2 is 1.72 bits per heavy atom. The summed E-state index contributed by atoms with van der Waals surface area (Å²) in [6, 6.07) is 19.3. The number of benzene rings is 1. The van der Waals surface area contributed by atoms with Gasteiger partial charge in [0.25, 0.3) is 0 Å². The molecule has 1 aromatic carbocycles. The maximum absolute atomic E-state index is 9.79. The number of aliphatic carboxylic acids is 2. The maximum atomic E-state index is 9.79. The Morgan fingerprint density at radius 3 is 2.34 bits per heavy atom. The molecule has 0 atom stereocenters. The molecule has 9 nitrogen and oxygen atoms in total. The van der Waals surface area contributed by atoms with Crippen molar-refractivity contribution in [3.8, 4) is 6.07 Å². The highest BCUT2D eigenvalue weighted by atomic mass is 16.4. The molecule has 1 aliphatic carbocycles. The molecule has 3 N–H and O–H groups in total. The number of rotatable bonds is 5. The molecule has 1 saturated carbocycles. The molecule has 166 valence electrons. The quantitative estimate of drug-likeness (QED) is 0.519. The molecule has 0 radical (unpaired) electrons. The maximum Gasteiger partial charge on any atom is 0.414 e. The molecule has 0 amide bonds. The number of nitrogens with zero attached hydrogens (tertiary/aromatic N) is 4. The number of hydrogen-bond donors (Lipinski definition) is 3. The summed E-state index contributed by atoms with van der Waals surface area (Å²) in [4.78, 5) is 18.2. The Bertz CT molecular complexity index is 1090. The highest BCUT2D eigenvalue weighted by molar-refractivity contribution is 6.27. The van der Waals surface area contributed by atoms with Gasteiger partial charge in [0.05, 0.1) is 11.5 Å². The van der Waals surface area contributed by atoms with E-state index in [4.69, 9.17) is 19.8 Å². The van der Waals surface area contributed by atoms with Gasteiger partial charge in [-0.3, -0.25) is 4.40 Å². The number of nitrogens with one attached hydrogen (secondary N) is 1. The van der Waals surface area contributed by atoms with E-state index in [1.54, 1.807) is 0 Å². The molecule has 3 aromatic rings. The van der Waals surface area contributed by atoms with Gasteiger partial charge in [-0.15, -0.1) is 10.2 Å². The van der Waals surface area contributed by atoms with Gasteiger partial charge < -0.3 is 15.5 Å². The highest BCUT2D eigenvalue weighted by Crippen LogP contribution is 2.38. The predicted molar refractivity (Wildman–Crippen MR) is 116 cm³/mol. The summed E-state index contributed by atoms with van der Waals surface area (Å²) >= 11 is 0. The first-order valence-corrected chi connectivity index (χ1v) is 10.4. The molecule has 4 rings (SSSR count). The smallest absolute Gasteiger partial charge is 0.414 e. The Hall–Kier alpha value is -3.77. The molecule has 2 aromatic heterocycles. The average Bonchev–Trinajstić information content (AvgIpc) is 3.24. The molecule has 1 aliphatic rings. The van der Waals surface area contributed by atoms with Crippen LogP contribution in [0.5, 0.6) is 0 Å². The lowest BCUT2D eigenvalue weighted by Gasteiger charge is -2.35. The van der Waals surface area contributed by atoms with Gasteiger partial charge in [-0.25, -0.2) is 9.59 Å². The number of carboxylic acid groups (broad SMARTS) is 2. The number of carbonyl (C=O) groups is 2. The van der Waals surface area contributed by atoms with Crippen LogP contribution in [-0.2, 0) is 21.4 Å². The van der Waals surface area contributed by atoms with Gasteiger partial charge in [-0.1, -0.05) is 36.4 Å².